The SMILES string of the molecule is Cc1cccn2nc([C@H]3c4nc[nH]c4CCN3c3cccc(C(F)(F)F)n3)cc12. The van der Waals surface area contributed by atoms with E-state index >= 15 is 0 Å². The van der Waals surface area contributed by atoms with Gasteiger partial charge in [0.15, 0.2) is 0 Å². The summed E-state index contributed by atoms with van der Waals surface area (Å²) in [5.41, 5.74) is 3.54. The molecule has 0 unspecified atom stereocenters. The third kappa shape index (κ3) is 2.93. The Hall–Kier alpha value is -3.36. The van der Waals surface area contributed by atoms with Gasteiger partial charge >= 0.3 is 6.18 Å². The van der Waals surface area contributed by atoms with Crippen molar-refractivity contribution in [3.8, 4) is 0 Å². The van der Waals surface area contributed by atoms with Crippen molar-refractivity contribution in [1.29, 1.82) is 0 Å². The number of nitrogens with one attached hydrogen (secondary N) is 1. The van der Waals surface area contributed by atoms with Crippen LogP contribution in [0.5, 0.6) is 0 Å². The standard InChI is InChI=1S/C20H17F3N6/c1-12-4-3-8-29-15(12)10-14(27-29)19-18-13(24-11-25-18)7-9-28(19)17-6-2-5-16(26-17)20(21,22)23/h2-6,8,10-11,19H,7,9H2,1H3,(H,24,25)/t19-/m0/s1. The second-order valence-electron chi connectivity index (χ2n) is 7.08. The number of halogens is 3. The maximum absolute atomic E-state index is 13.2. The number of aromatic nitrogens is 5. The van der Waals surface area contributed by atoms with E-state index in [-0.39, 0.29) is 5.82 Å². The summed E-state index contributed by atoms with van der Waals surface area (Å²) in [5.74, 6) is 0.257. The van der Waals surface area contributed by atoms with Gasteiger partial charge in [-0.05, 0) is 36.8 Å². The van der Waals surface area contributed by atoms with Crippen LogP contribution in [-0.4, -0.2) is 31.1 Å². The summed E-state index contributed by atoms with van der Waals surface area (Å²) in [7, 11) is 0. The molecule has 0 spiro atoms. The Morgan fingerprint density at radius 2 is 2.03 bits per heavy atom. The topological polar surface area (TPSA) is 62.1 Å². The van der Waals surface area contributed by atoms with Crippen LogP contribution < -0.4 is 4.90 Å². The summed E-state index contributed by atoms with van der Waals surface area (Å²) in [6.45, 7) is 2.49. The quantitative estimate of drug-likeness (QED) is 0.556. The van der Waals surface area contributed by atoms with Crippen LogP contribution in [-0.2, 0) is 12.6 Å². The fraction of sp³-hybridized carbons (Fsp3) is 0.250. The molecule has 1 atom stereocenters. The summed E-state index contributed by atoms with van der Waals surface area (Å²) in [6, 6.07) is 9.40. The van der Waals surface area contributed by atoms with Gasteiger partial charge in [-0.25, -0.2) is 14.5 Å². The summed E-state index contributed by atoms with van der Waals surface area (Å²) in [6.07, 6.45) is -0.399. The fourth-order valence-corrected chi connectivity index (χ4v) is 3.87. The second kappa shape index (κ2) is 6.33. The van der Waals surface area contributed by atoms with Crippen LogP contribution in [0.3, 0.4) is 0 Å². The zero-order valence-corrected chi connectivity index (χ0v) is 15.5. The molecule has 4 aromatic heterocycles. The molecular formula is C20H17F3N6. The molecule has 1 N–H and O–H groups in total. The zero-order chi connectivity index (χ0) is 20.2. The molecule has 6 nitrogen and oxygen atoms in total. The van der Waals surface area contributed by atoms with Crippen LogP contribution in [0.1, 0.15) is 34.4 Å². The Kier molecular flexibility index (Phi) is 3.87. The molecule has 4 aromatic rings. The number of anilines is 1. The molecule has 0 radical (unpaired) electrons. The lowest BCUT2D eigenvalue weighted by atomic mass is 9.99. The predicted molar refractivity (Wildman–Crippen MR) is 101 cm³/mol. The van der Waals surface area contributed by atoms with Gasteiger partial charge in [-0.15, -0.1) is 0 Å². The molecule has 9 heteroatoms. The number of hydrogen-bond acceptors (Lipinski definition) is 4. The average molecular weight is 398 g/mol. The van der Waals surface area contributed by atoms with Crippen molar-refractivity contribution >= 4 is 11.3 Å². The maximum Gasteiger partial charge on any atom is 0.433 e. The molecule has 0 saturated heterocycles. The molecule has 5 rings (SSSR count). The molecule has 148 valence electrons. The molecule has 0 aromatic carbocycles. The van der Waals surface area contributed by atoms with Gasteiger partial charge < -0.3 is 9.88 Å². The molecule has 0 saturated carbocycles. The van der Waals surface area contributed by atoms with Crippen molar-refractivity contribution in [1.82, 2.24) is 24.6 Å². The molecule has 5 heterocycles. The Morgan fingerprint density at radius 1 is 1.17 bits per heavy atom. The molecule has 0 bridgehead atoms. The van der Waals surface area contributed by atoms with Gasteiger partial charge in [-0.3, -0.25) is 0 Å². The lowest BCUT2D eigenvalue weighted by Crippen LogP contribution is -2.37. The summed E-state index contributed by atoms with van der Waals surface area (Å²) >= 11 is 0. The van der Waals surface area contributed by atoms with Crippen LogP contribution in [0.15, 0.2) is 48.9 Å². The van der Waals surface area contributed by atoms with Crippen LogP contribution in [0, 0.1) is 6.92 Å². The van der Waals surface area contributed by atoms with Crippen molar-refractivity contribution in [3.63, 3.8) is 0 Å². The number of imidazole rings is 1. The lowest BCUT2D eigenvalue weighted by Gasteiger charge is -2.35. The van der Waals surface area contributed by atoms with E-state index < -0.39 is 17.9 Å². The van der Waals surface area contributed by atoms with E-state index in [4.69, 9.17) is 5.10 Å². The minimum Gasteiger partial charge on any atom is -0.348 e. The van der Waals surface area contributed by atoms with E-state index in [9.17, 15) is 13.2 Å². The summed E-state index contributed by atoms with van der Waals surface area (Å²) < 4.78 is 41.4. The largest absolute Gasteiger partial charge is 0.433 e. The first-order valence-corrected chi connectivity index (χ1v) is 9.20. The molecule has 0 fully saturated rings. The highest BCUT2D eigenvalue weighted by Crippen LogP contribution is 2.37. The van der Waals surface area contributed by atoms with Gasteiger partial charge in [0.1, 0.15) is 17.6 Å². The number of fused-ring (bicyclic) bond motifs is 2. The average Bonchev–Trinajstić information content (AvgIpc) is 3.34. The lowest BCUT2D eigenvalue weighted by molar-refractivity contribution is -0.141. The van der Waals surface area contributed by atoms with E-state index in [1.165, 1.54) is 6.07 Å². The van der Waals surface area contributed by atoms with E-state index in [2.05, 4.69) is 15.0 Å². The van der Waals surface area contributed by atoms with Crippen LogP contribution in [0.25, 0.3) is 5.52 Å². The van der Waals surface area contributed by atoms with Gasteiger partial charge in [0.2, 0.25) is 0 Å². The van der Waals surface area contributed by atoms with E-state index in [0.29, 0.717) is 18.7 Å². The van der Waals surface area contributed by atoms with E-state index in [0.717, 1.165) is 28.5 Å². The monoisotopic (exact) mass is 398 g/mol. The predicted octanol–water partition coefficient (Wildman–Crippen LogP) is 3.93. The van der Waals surface area contributed by atoms with Crippen LogP contribution in [0.4, 0.5) is 19.0 Å². The van der Waals surface area contributed by atoms with Gasteiger partial charge in [-0.2, -0.15) is 18.3 Å². The first kappa shape index (κ1) is 17.7. The van der Waals surface area contributed by atoms with Crippen molar-refractivity contribution in [3.05, 3.63) is 77.3 Å². The number of rotatable bonds is 2. The smallest absolute Gasteiger partial charge is 0.348 e. The van der Waals surface area contributed by atoms with Crippen molar-refractivity contribution in [2.75, 3.05) is 11.4 Å². The summed E-state index contributed by atoms with van der Waals surface area (Å²) in [4.78, 5) is 13.3. The summed E-state index contributed by atoms with van der Waals surface area (Å²) in [5, 5.41) is 4.69. The molecule has 0 aliphatic carbocycles. The van der Waals surface area contributed by atoms with Crippen molar-refractivity contribution < 1.29 is 13.2 Å². The Bertz CT molecular complexity index is 1190. The minimum atomic E-state index is -4.50. The highest BCUT2D eigenvalue weighted by atomic mass is 19.4. The number of nitrogens with zero attached hydrogens (tertiary/aromatic N) is 5. The highest BCUT2D eigenvalue weighted by molar-refractivity contribution is 5.57. The van der Waals surface area contributed by atoms with Gasteiger partial charge in [0.25, 0.3) is 0 Å². The van der Waals surface area contributed by atoms with Crippen LogP contribution >= 0.6 is 0 Å². The molecule has 0 amide bonds. The third-order valence-corrected chi connectivity index (χ3v) is 5.26. The first-order valence-electron chi connectivity index (χ1n) is 9.20. The third-order valence-electron chi connectivity index (χ3n) is 5.26. The fourth-order valence-electron chi connectivity index (χ4n) is 3.87. The molecular weight excluding hydrogens is 381 g/mol. The second-order valence-corrected chi connectivity index (χ2v) is 7.08. The number of aromatic amines is 1. The van der Waals surface area contributed by atoms with Gasteiger partial charge in [-0.1, -0.05) is 12.1 Å². The number of H-pyrrole nitrogens is 1. The number of aryl methyl sites for hydroxylation is 1. The Labute approximate surface area is 164 Å². The number of pyridine rings is 2. The number of alkyl halides is 3. The van der Waals surface area contributed by atoms with E-state index in [1.807, 2.05) is 36.2 Å². The molecule has 1 aliphatic rings. The van der Waals surface area contributed by atoms with Crippen molar-refractivity contribution in [2.45, 2.75) is 25.6 Å². The van der Waals surface area contributed by atoms with E-state index in [1.54, 1.807) is 16.9 Å². The Morgan fingerprint density at radius 3 is 2.83 bits per heavy atom. The Balaban J connectivity index is 1.66. The maximum atomic E-state index is 13.2. The molecule has 29 heavy (non-hydrogen) atoms. The number of hydrogen-bond donors (Lipinski definition) is 1. The first-order chi connectivity index (χ1) is 13.9. The van der Waals surface area contributed by atoms with Crippen molar-refractivity contribution in [2.24, 2.45) is 0 Å². The van der Waals surface area contributed by atoms with Gasteiger partial charge in [0.05, 0.1) is 23.2 Å². The molecule has 1 aliphatic heterocycles. The normalized spacial score (nSPS) is 17.0. The van der Waals surface area contributed by atoms with Gasteiger partial charge in [0, 0.05) is 24.9 Å². The highest BCUT2D eigenvalue weighted by Gasteiger charge is 2.36. The minimum absolute atomic E-state index is 0.257. The zero-order valence-electron chi connectivity index (χ0n) is 15.5. The van der Waals surface area contributed by atoms with Crippen LogP contribution in [0.2, 0.25) is 0 Å².